The van der Waals surface area contributed by atoms with E-state index in [0.29, 0.717) is 18.5 Å². The third-order valence-electron chi connectivity index (χ3n) is 3.65. The fourth-order valence-corrected chi connectivity index (χ4v) is 2.05. The first-order chi connectivity index (χ1) is 9.05. The second-order valence-corrected chi connectivity index (χ2v) is 4.94. The molecule has 19 heavy (non-hydrogen) atoms. The van der Waals surface area contributed by atoms with E-state index >= 15 is 0 Å². The third kappa shape index (κ3) is 4.56. The summed E-state index contributed by atoms with van der Waals surface area (Å²) in [6.45, 7) is 3.92. The van der Waals surface area contributed by atoms with E-state index in [-0.39, 0.29) is 12.5 Å². The highest BCUT2D eigenvalue weighted by Crippen LogP contribution is 2.15. The van der Waals surface area contributed by atoms with Crippen LogP contribution in [-0.4, -0.2) is 23.2 Å². The molecule has 1 aromatic rings. The molecule has 4 heteroatoms. The van der Waals surface area contributed by atoms with Gasteiger partial charge in [0.15, 0.2) is 0 Å². The van der Waals surface area contributed by atoms with Gasteiger partial charge in [-0.2, -0.15) is 0 Å². The number of nitrogens with one attached hydrogen (secondary N) is 1. The molecular weight excluding hydrogens is 240 g/mol. The molecule has 0 radical (unpaired) electrons. The van der Waals surface area contributed by atoms with Gasteiger partial charge in [0, 0.05) is 12.1 Å². The summed E-state index contributed by atoms with van der Waals surface area (Å²) in [5.41, 5.74) is 6.98. The van der Waals surface area contributed by atoms with Gasteiger partial charge in [0.05, 0.1) is 12.1 Å². The molecule has 4 N–H and O–H groups in total. The second kappa shape index (κ2) is 7.14. The standard InChI is InChI=1S/C15H24N2O2/c1-3-15(4-2,11-18)17-14(19)9-8-12-6-5-7-13(16)10-12/h5-7,10,18H,3-4,8-9,11,16H2,1-2H3,(H,17,19). The largest absolute Gasteiger partial charge is 0.399 e. The number of aliphatic hydroxyl groups excluding tert-OH is 1. The average molecular weight is 264 g/mol. The number of rotatable bonds is 7. The highest BCUT2D eigenvalue weighted by atomic mass is 16.3. The van der Waals surface area contributed by atoms with E-state index in [9.17, 15) is 9.90 Å². The lowest BCUT2D eigenvalue weighted by atomic mass is 9.93. The quantitative estimate of drug-likeness (QED) is 0.658. The first-order valence-corrected chi connectivity index (χ1v) is 6.81. The molecule has 1 amide bonds. The molecule has 0 unspecified atom stereocenters. The highest BCUT2D eigenvalue weighted by Gasteiger charge is 2.26. The molecule has 0 saturated carbocycles. The normalized spacial score (nSPS) is 11.3. The summed E-state index contributed by atoms with van der Waals surface area (Å²) < 4.78 is 0. The lowest BCUT2D eigenvalue weighted by Gasteiger charge is -2.30. The summed E-state index contributed by atoms with van der Waals surface area (Å²) >= 11 is 0. The van der Waals surface area contributed by atoms with E-state index in [4.69, 9.17) is 5.73 Å². The zero-order valence-corrected chi connectivity index (χ0v) is 11.8. The molecule has 0 saturated heterocycles. The SMILES string of the molecule is CCC(CC)(CO)NC(=O)CCc1cccc(N)c1. The Morgan fingerprint density at radius 1 is 1.37 bits per heavy atom. The summed E-state index contributed by atoms with van der Waals surface area (Å²) in [6, 6.07) is 7.56. The number of anilines is 1. The number of nitrogen functional groups attached to an aromatic ring is 1. The van der Waals surface area contributed by atoms with E-state index in [1.807, 2.05) is 38.1 Å². The van der Waals surface area contributed by atoms with Crippen molar-refractivity contribution < 1.29 is 9.90 Å². The van der Waals surface area contributed by atoms with Gasteiger partial charge in [-0.15, -0.1) is 0 Å². The molecule has 0 aliphatic carbocycles. The topological polar surface area (TPSA) is 75.3 Å². The number of hydrogen-bond acceptors (Lipinski definition) is 3. The second-order valence-electron chi connectivity index (χ2n) is 4.94. The van der Waals surface area contributed by atoms with Crippen molar-refractivity contribution in [1.29, 1.82) is 0 Å². The van der Waals surface area contributed by atoms with Crippen LogP contribution in [0.5, 0.6) is 0 Å². The van der Waals surface area contributed by atoms with Crippen molar-refractivity contribution in [3.05, 3.63) is 29.8 Å². The summed E-state index contributed by atoms with van der Waals surface area (Å²) in [5, 5.41) is 12.4. The Kier molecular flexibility index (Phi) is 5.83. The van der Waals surface area contributed by atoms with Crippen LogP contribution in [0.3, 0.4) is 0 Å². The number of aryl methyl sites for hydroxylation is 1. The molecule has 4 nitrogen and oxygen atoms in total. The number of hydrogen-bond donors (Lipinski definition) is 3. The van der Waals surface area contributed by atoms with Crippen LogP contribution in [-0.2, 0) is 11.2 Å². The number of amides is 1. The number of nitrogens with two attached hydrogens (primary N) is 1. The van der Waals surface area contributed by atoms with Crippen molar-refractivity contribution in [2.75, 3.05) is 12.3 Å². The molecule has 0 bridgehead atoms. The lowest BCUT2D eigenvalue weighted by molar-refractivity contribution is -0.123. The molecular formula is C15H24N2O2. The summed E-state index contributed by atoms with van der Waals surface area (Å²) in [4.78, 5) is 11.9. The van der Waals surface area contributed by atoms with Gasteiger partial charge in [-0.3, -0.25) is 4.79 Å². The molecule has 0 aliphatic heterocycles. The van der Waals surface area contributed by atoms with Gasteiger partial charge >= 0.3 is 0 Å². The Balaban J connectivity index is 2.52. The van der Waals surface area contributed by atoms with Gasteiger partial charge in [0.2, 0.25) is 5.91 Å². The van der Waals surface area contributed by atoms with Crippen LogP contribution in [0.4, 0.5) is 5.69 Å². The van der Waals surface area contributed by atoms with Crippen LogP contribution in [0.15, 0.2) is 24.3 Å². The predicted octanol–water partition coefficient (Wildman–Crippen LogP) is 1.87. The van der Waals surface area contributed by atoms with Gasteiger partial charge in [0.1, 0.15) is 0 Å². The maximum Gasteiger partial charge on any atom is 0.220 e. The van der Waals surface area contributed by atoms with E-state index < -0.39 is 5.54 Å². The minimum absolute atomic E-state index is 0.0238. The lowest BCUT2D eigenvalue weighted by Crippen LogP contribution is -2.50. The fourth-order valence-electron chi connectivity index (χ4n) is 2.05. The Morgan fingerprint density at radius 2 is 2.05 bits per heavy atom. The highest BCUT2D eigenvalue weighted by molar-refractivity contribution is 5.77. The molecule has 0 fully saturated rings. The van der Waals surface area contributed by atoms with Gasteiger partial charge in [-0.1, -0.05) is 26.0 Å². The Labute approximate surface area is 115 Å². The zero-order valence-electron chi connectivity index (χ0n) is 11.8. The van der Waals surface area contributed by atoms with Gasteiger partial charge in [-0.25, -0.2) is 0 Å². The van der Waals surface area contributed by atoms with Crippen LogP contribution >= 0.6 is 0 Å². The van der Waals surface area contributed by atoms with Crippen molar-refractivity contribution in [3.8, 4) is 0 Å². The molecule has 0 spiro atoms. The van der Waals surface area contributed by atoms with Crippen LogP contribution in [0.1, 0.15) is 38.7 Å². The summed E-state index contributed by atoms with van der Waals surface area (Å²) in [6.07, 6.45) is 2.52. The van der Waals surface area contributed by atoms with Crippen LogP contribution in [0.2, 0.25) is 0 Å². The van der Waals surface area contributed by atoms with E-state index in [1.54, 1.807) is 0 Å². The Hall–Kier alpha value is -1.55. The van der Waals surface area contributed by atoms with Crippen molar-refractivity contribution in [3.63, 3.8) is 0 Å². The van der Waals surface area contributed by atoms with Crippen molar-refractivity contribution in [1.82, 2.24) is 5.32 Å². The predicted molar refractivity (Wildman–Crippen MR) is 77.7 cm³/mol. The molecule has 0 atom stereocenters. The van der Waals surface area contributed by atoms with E-state index in [0.717, 1.165) is 18.4 Å². The third-order valence-corrected chi connectivity index (χ3v) is 3.65. The minimum Gasteiger partial charge on any atom is -0.399 e. The van der Waals surface area contributed by atoms with Crippen molar-refractivity contribution >= 4 is 11.6 Å². The molecule has 0 heterocycles. The molecule has 0 aromatic heterocycles. The molecule has 1 rings (SSSR count). The van der Waals surface area contributed by atoms with E-state index in [2.05, 4.69) is 5.32 Å². The van der Waals surface area contributed by atoms with Crippen molar-refractivity contribution in [2.24, 2.45) is 0 Å². The Bertz CT molecular complexity index is 406. The van der Waals surface area contributed by atoms with Crippen LogP contribution in [0.25, 0.3) is 0 Å². The van der Waals surface area contributed by atoms with Gasteiger partial charge in [-0.05, 0) is 37.0 Å². The van der Waals surface area contributed by atoms with Gasteiger partial charge < -0.3 is 16.2 Å². The number of carbonyl (C=O) groups is 1. The van der Waals surface area contributed by atoms with Crippen molar-refractivity contribution in [2.45, 2.75) is 45.1 Å². The first-order valence-electron chi connectivity index (χ1n) is 6.81. The van der Waals surface area contributed by atoms with Crippen LogP contribution < -0.4 is 11.1 Å². The number of aliphatic hydroxyl groups is 1. The monoisotopic (exact) mass is 264 g/mol. The zero-order chi connectivity index (χ0) is 14.3. The molecule has 106 valence electrons. The van der Waals surface area contributed by atoms with Crippen LogP contribution in [0, 0.1) is 0 Å². The maximum atomic E-state index is 11.9. The maximum absolute atomic E-state index is 11.9. The summed E-state index contributed by atoms with van der Waals surface area (Å²) in [5.74, 6) is -0.0276. The number of carbonyl (C=O) groups excluding carboxylic acids is 1. The summed E-state index contributed by atoms with van der Waals surface area (Å²) in [7, 11) is 0. The van der Waals surface area contributed by atoms with Gasteiger partial charge in [0.25, 0.3) is 0 Å². The fraction of sp³-hybridized carbons (Fsp3) is 0.533. The first kappa shape index (κ1) is 15.5. The number of benzene rings is 1. The molecule has 1 aromatic carbocycles. The smallest absolute Gasteiger partial charge is 0.220 e. The Morgan fingerprint density at radius 3 is 2.58 bits per heavy atom. The molecule has 0 aliphatic rings. The average Bonchev–Trinajstić information content (AvgIpc) is 2.43. The minimum atomic E-state index is -0.479. The van der Waals surface area contributed by atoms with E-state index in [1.165, 1.54) is 0 Å².